The maximum Gasteiger partial charge on any atom is 0.261 e. The first kappa shape index (κ1) is 16.0. The Balaban J connectivity index is 2.55. The number of allylic oxidation sites excluding steroid dienone is 2. The molecule has 0 aromatic heterocycles. The van der Waals surface area contributed by atoms with Crippen LogP contribution >= 0.6 is 0 Å². The smallest absolute Gasteiger partial charge is 0.261 e. The van der Waals surface area contributed by atoms with Gasteiger partial charge in [-0.3, -0.25) is 4.79 Å². The molecule has 1 amide bonds. The van der Waals surface area contributed by atoms with Crippen LogP contribution in [-0.2, 0) is 20.7 Å². The van der Waals surface area contributed by atoms with Gasteiger partial charge in [-0.1, -0.05) is 30.3 Å². The van der Waals surface area contributed by atoms with Crippen LogP contribution < -0.4 is 5.32 Å². The van der Waals surface area contributed by atoms with Crippen molar-refractivity contribution < 1.29 is 14.3 Å². The van der Waals surface area contributed by atoms with Crippen LogP contribution in [0.3, 0.4) is 0 Å². The molecule has 20 heavy (non-hydrogen) atoms. The Morgan fingerprint density at radius 2 is 2.00 bits per heavy atom. The van der Waals surface area contributed by atoms with Crippen molar-refractivity contribution in [3.8, 4) is 0 Å². The van der Waals surface area contributed by atoms with Crippen molar-refractivity contribution in [2.24, 2.45) is 0 Å². The number of ether oxygens (including phenoxy) is 1. The number of hydrogen-bond acceptors (Lipinski definition) is 3. The van der Waals surface area contributed by atoms with Crippen molar-refractivity contribution in [3.05, 3.63) is 47.7 Å². The normalized spacial score (nSPS) is 14.2. The van der Waals surface area contributed by atoms with Crippen LogP contribution in [0.4, 0.5) is 0 Å². The molecule has 2 unspecified atom stereocenters. The zero-order chi connectivity index (χ0) is 15.0. The fourth-order valence-corrected chi connectivity index (χ4v) is 1.70. The average Bonchev–Trinajstić information content (AvgIpc) is 2.47. The largest absolute Gasteiger partial charge is 0.486 e. The van der Waals surface area contributed by atoms with E-state index in [2.05, 4.69) is 5.32 Å². The van der Waals surface area contributed by atoms with Crippen molar-refractivity contribution in [2.45, 2.75) is 39.3 Å². The van der Waals surface area contributed by atoms with E-state index in [9.17, 15) is 9.59 Å². The molecule has 0 radical (unpaired) electrons. The van der Waals surface area contributed by atoms with E-state index in [1.165, 1.54) is 0 Å². The summed E-state index contributed by atoms with van der Waals surface area (Å²) in [5.41, 5.74) is 1.00. The molecule has 1 N–H and O–H groups in total. The number of carbonyl (C=O) groups excluding carboxylic acids is 2. The molecule has 0 aliphatic heterocycles. The molecule has 4 heteroatoms. The molecular weight excluding hydrogens is 254 g/mol. The molecule has 0 saturated heterocycles. The number of hydrogen-bond donors (Lipinski definition) is 1. The van der Waals surface area contributed by atoms with E-state index in [0.717, 1.165) is 11.8 Å². The minimum absolute atomic E-state index is 0.292. The van der Waals surface area contributed by atoms with Gasteiger partial charge in [0.2, 0.25) is 0 Å². The topological polar surface area (TPSA) is 55.4 Å². The zero-order valence-electron chi connectivity index (χ0n) is 12.1. The second kappa shape index (κ2) is 8.15. The highest BCUT2D eigenvalue weighted by Gasteiger charge is 2.18. The summed E-state index contributed by atoms with van der Waals surface area (Å²) in [6, 6.07) is 9.02. The van der Waals surface area contributed by atoms with E-state index in [4.69, 9.17) is 4.74 Å². The Hall–Kier alpha value is -2.10. The van der Waals surface area contributed by atoms with Crippen LogP contribution in [0.2, 0.25) is 0 Å². The van der Waals surface area contributed by atoms with Crippen LogP contribution in [-0.4, -0.2) is 24.3 Å². The van der Waals surface area contributed by atoms with Crippen LogP contribution in [0.1, 0.15) is 26.3 Å². The molecule has 1 aromatic rings. The maximum atomic E-state index is 11.9. The minimum atomic E-state index is -0.621. The Kier molecular flexibility index (Phi) is 6.50. The third kappa shape index (κ3) is 5.26. The Labute approximate surface area is 119 Å². The fraction of sp³-hybridized carbons (Fsp3) is 0.375. The van der Waals surface area contributed by atoms with Gasteiger partial charge >= 0.3 is 0 Å². The van der Waals surface area contributed by atoms with E-state index in [1.54, 1.807) is 19.9 Å². The fourth-order valence-electron chi connectivity index (χ4n) is 1.70. The number of carbonyl (C=O) groups is 2. The molecule has 0 spiro atoms. The second-order valence-corrected chi connectivity index (χ2v) is 4.60. The summed E-state index contributed by atoms with van der Waals surface area (Å²) in [4.78, 5) is 23.0. The first-order valence-corrected chi connectivity index (χ1v) is 6.66. The molecule has 4 nitrogen and oxygen atoms in total. The Morgan fingerprint density at radius 3 is 2.55 bits per heavy atom. The molecule has 2 atom stereocenters. The van der Waals surface area contributed by atoms with E-state index >= 15 is 0 Å². The molecule has 1 aromatic carbocycles. The highest BCUT2D eigenvalue weighted by atomic mass is 16.5. The van der Waals surface area contributed by atoms with Crippen LogP contribution in [0, 0.1) is 0 Å². The molecule has 0 saturated carbocycles. The number of aldehydes is 1. The highest BCUT2D eigenvalue weighted by Crippen LogP contribution is 2.04. The summed E-state index contributed by atoms with van der Waals surface area (Å²) in [5, 5.41) is 2.69. The van der Waals surface area contributed by atoms with Gasteiger partial charge in [-0.2, -0.15) is 0 Å². The predicted molar refractivity (Wildman–Crippen MR) is 78.1 cm³/mol. The van der Waals surface area contributed by atoms with Gasteiger partial charge in [-0.15, -0.1) is 0 Å². The molecule has 0 aliphatic rings. The Bertz CT molecular complexity index is 468. The number of rotatable bonds is 7. The van der Waals surface area contributed by atoms with Gasteiger partial charge in [0.15, 0.2) is 6.10 Å². The van der Waals surface area contributed by atoms with Crippen molar-refractivity contribution in [1.29, 1.82) is 0 Å². The van der Waals surface area contributed by atoms with E-state index in [0.29, 0.717) is 12.2 Å². The molecule has 0 fully saturated rings. The van der Waals surface area contributed by atoms with Gasteiger partial charge in [0.25, 0.3) is 5.91 Å². The van der Waals surface area contributed by atoms with Crippen LogP contribution in [0.15, 0.2) is 42.2 Å². The van der Waals surface area contributed by atoms with Gasteiger partial charge < -0.3 is 14.8 Å². The van der Waals surface area contributed by atoms with Gasteiger partial charge in [-0.05, 0) is 38.8 Å². The van der Waals surface area contributed by atoms with E-state index in [-0.39, 0.29) is 5.91 Å². The third-order valence-electron chi connectivity index (χ3n) is 2.93. The first-order valence-electron chi connectivity index (χ1n) is 6.66. The molecule has 108 valence electrons. The summed E-state index contributed by atoms with van der Waals surface area (Å²) < 4.78 is 5.39. The monoisotopic (exact) mass is 275 g/mol. The van der Waals surface area contributed by atoms with Crippen molar-refractivity contribution in [1.82, 2.24) is 5.32 Å². The van der Waals surface area contributed by atoms with E-state index < -0.39 is 12.1 Å². The molecule has 0 heterocycles. The molecular formula is C16H21NO3. The summed E-state index contributed by atoms with van der Waals surface area (Å²) in [6.07, 6.45) is 2.39. The minimum Gasteiger partial charge on any atom is -0.486 e. The second-order valence-electron chi connectivity index (χ2n) is 4.60. The van der Waals surface area contributed by atoms with Crippen LogP contribution in [0.25, 0.3) is 0 Å². The SMILES string of the molecule is CC=C(C)OC(C)C(=O)NC(C=O)Cc1ccccc1. The summed E-state index contributed by atoms with van der Waals surface area (Å²) in [6.45, 7) is 5.28. The lowest BCUT2D eigenvalue weighted by Crippen LogP contribution is -2.43. The molecule has 0 aliphatic carbocycles. The lowest BCUT2D eigenvalue weighted by atomic mass is 10.1. The summed E-state index contributed by atoms with van der Waals surface area (Å²) >= 11 is 0. The van der Waals surface area contributed by atoms with Crippen molar-refractivity contribution in [2.75, 3.05) is 0 Å². The highest BCUT2D eigenvalue weighted by molar-refractivity contribution is 5.83. The van der Waals surface area contributed by atoms with Crippen molar-refractivity contribution >= 4 is 12.2 Å². The summed E-state index contributed by atoms with van der Waals surface area (Å²) in [7, 11) is 0. The van der Waals surface area contributed by atoms with Gasteiger partial charge in [0.1, 0.15) is 6.29 Å². The average molecular weight is 275 g/mol. The lowest BCUT2D eigenvalue weighted by Gasteiger charge is -2.18. The standard InChI is InChI=1S/C16H21NO3/c1-4-12(2)20-13(3)16(19)17-15(11-18)10-14-8-6-5-7-9-14/h4-9,11,13,15H,10H2,1-3H3,(H,17,19). The van der Waals surface area contributed by atoms with Gasteiger partial charge in [0, 0.05) is 0 Å². The Morgan fingerprint density at radius 1 is 1.35 bits per heavy atom. The van der Waals surface area contributed by atoms with Crippen LogP contribution in [0.5, 0.6) is 0 Å². The molecule has 0 bridgehead atoms. The van der Waals surface area contributed by atoms with Crippen molar-refractivity contribution in [3.63, 3.8) is 0 Å². The predicted octanol–water partition coefficient (Wildman–Crippen LogP) is 2.24. The zero-order valence-corrected chi connectivity index (χ0v) is 12.1. The third-order valence-corrected chi connectivity index (χ3v) is 2.93. The van der Waals surface area contributed by atoms with Gasteiger partial charge in [0.05, 0.1) is 11.8 Å². The first-order chi connectivity index (χ1) is 9.56. The number of nitrogens with one attached hydrogen (secondary N) is 1. The molecule has 1 rings (SSSR count). The quantitative estimate of drug-likeness (QED) is 0.613. The summed E-state index contributed by atoms with van der Waals surface area (Å²) in [5.74, 6) is 0.387. The number of amides is 1. The lowest BCUT2D eigenvalue weighted by molar-refractivity contribution is -0.131. The van der Waals surface area contributed by atoms with E-state index in [1.807, 2.05) is 37.3 Å². The maximum absolute atomic E-state index is 11.9. The number of benzene rings is 1. The van der Waals surface area contributed by atoms with Gasteiger partial charge in [-0.25, -0.2) is 0 Å².